The van der Waals surface area contributed by atoms with E-state index in [2.05, 4.69) is 11.2 Å². The van der Waals surface area contributed by atoms with Gasteiger partial charge >= 0.3 is 0 Å². The van der Waals surface area contributed by atoms with Crippen molar-refractivity contribution >= 4 is 11.8 Å². The number of β-amino-alcohol motifs (C(OH)–C–C–N with tert-alkyl or cyclic N) is 1. The van der Waals surface area contributed by atoms with E-state index in [1.807, 2.05) is 6.92 Å². The number of hydrogen-bond donors (Lipinski definition) is 1. The van der Waals surface area contributed by atoms with Crippen molar-refractivity contribution in [3.8, 4) is 0 Å². The second-order valence-corrected chi connectivity index (χ2v) is 7.36. The lowest BCUT2D eigenvalue weighted by Gasteiger charge is -2.52. The minimum absolute atomic E-state index is 0.508. The summed E-state index contributed by atoms with van der Waals surface area (Å²) in [6, 6.07) is 0. The lowest BCUT2D eigenvalue weighted by molar-refractivity contribution is -0.0590. The van der Waals surface area contributed by atoms with Crippen LogP contribution in [0.25, 0.3) is 0 Å². The molecule has 2 nitrogen and oxygen atoms in total. The second kappa shape index (κ2) is 5.50. The first kappa shape index (κ1) is 13.7. The molecule has 1 heterocycles. The van der Waals surface area contributed by atoms with Gasteiger partial charge in [0.05, 0.1) is 5.60 Å². The third kappa shape index (κ3) is 3.62. The Hall–Kier alpha value is 0.270. The van der Waals surface area contributed by atoms with Crippen LogP contribution < -0.4 is 0 Å². The average Bonchev–Trinajstić information content (AvgIpc) is 2.42. The van der Waals surface area contributed by atoms with Gasteiger partial charge in [-0.3, -0.25) is 4.90 Å². The van der Waals surface area contributed by atoms with Crippen LogP contribution in [-0.2, 0) is 0 Å². The zero-order valence-electron chi connectivity index (χ0n) is 11.4. The summed E-state index contributed by atoms with van der Waals surface area (Å²) < 4.78 is 0. The average molecular weight is 257 g/mol. The maximum absolute atomic E-state index is 10.2. The normalized spacial score (nSPS) is 28.4. The Kier molecular flexibility index (Phi) is 4.43. The van der Waals surface area contributed by atoms with Crippen molar-refractivity contribution in [3.63, 3.8) is 0 Å². The topological polar surface area (TPSA) is 23.5 Å². The number of hydrogen-bond acceptors (Lipinski definition) is 3. The molecule has 2 aliphatic rings. The fraction of sp³-hybridized carbons (Fsp3) is 1.00. The van der Waals surface area contributed by atoms with E-state index in [1.165, 1.54) is 51.6 Å². The summed E-state index contributed by atoms with van der Waals surface area (Å²) in [6.07, 6.45) is 10.6. The van der Waals surface area contributed by atoms with Crippen LogP contribution in [0.4, 0.5) is 0 Å². The molecule has 1 atom stereocenters. The van der Waals surface area contributed by atoms with Crippen LogP contribution in [0.5, 0.6) is 0 Å². The molecule has 0 bridgehead atoms. The van der Waals surface area contributed by atoms with Crippen molar-refractivity contribution in [2.75, 3.05) is 31.6 Å². The molecule has 1 unspecified atom stereocenters. The zero-order valence-corrected chi connectivity index (χ0v) is 12.2. The summed E-state index contributed by atoms with van der Waals surface area (Å²) in [6.45, 7) is 5.30. The number of likely N-dealkylation sites (tertiary alicyclic amines) is 1. The molecule has 0 aromatic heterocycles. The largest absolute Gasteiger partial charge is 0.388 e. The lowest BCUT2D eigenvalue weighted by atomic mass is 9.73. The molecule has 1 saturated heterocycles. The third-order valence-corrected chi connectivity index (χ3v) is 5.21. The fourth-order valence-corrected chi connectivity index (χ4v) is 4.36. The van der Waals surface area contributed by atoms with Crippen molar-refractivity contribution in [2.24, 2.45) is 5.41 Å². The van der Waals surface area contributed by atoms with Gasteiger partial charge in [-0.25, -0.2) is 0 Å². The molecule has 0 radical (unpaired) electrons. The van der Waals surface area contributed by atoms with Crippen molar-refractivity contribution in [3.05, 3.63) is 0 Å². The minimum Gasteiger partial charge on any atom is -0.388 e. The minimum atomic E-state index is -0.508. The van der Waals surface area contributed by atoms with Gasteiger partial charge in [0.15, 0.2) is 0 Å². The van der Waals surface area contributed by atoms with E-state index >= 15 is 0 Å². The Balaban J connectivity index is 1.77. The first-order valence-electron chi connectivity index (χ1n) is 6.99. The summed E-state index contributed by atoms with van der Waals surface area (Å²) in [4.78, 5) is 2.46. The van der Waals surface area contributed by atoms with Gasteiger partial charge in [-0.2, -0.15) is 11.8 Å². The highest BCUT2D eigenvalue weighted by Crippen LogP contribution is 2.43. The van der Waals surface area contributed by atoms with Gasteiger partial charge in [0, 0.05) is 25.4 Å². The van der Waals surface area contributed by atoms with Crippen molar-refractivity contribution in [1.29, 1.82) is 0 Å². The summed E-state index contributed by atoms with van der Waals surface area (Å²) in [5.74, 6) is 0.844. The van der Waals surface area contributed by atoms with E-state index < -0.39 is 5.60 Å². The van der Waals surface area contributed by atoms with E-state index in [-0.39, 0.29) is 0 Å². The molecule has 0 aromatic rings. The molecule has 1 saturated carbocycles. The van der Waals surface area contributed by atoms with E-state index in [1.54, 1.807) is 11.8 Å². The molecule has 0 amide bonds. The van der Waals surface area contributed by atoms with Gasteiger partial charge in [0.1, 0.15) is 0 Å². The van der Waals surface area contributed by atoms with Crippen LogP contribution in [0.2, 0.25) is 0 Å². The maximum Gasteiger partial charge on any atom is 0.0835 e. The third-order valence-electron chi connectivity index (χ3n) is 4.30. The summed E-state index contributed by atoms with van der Waals surface area (Å²) in [5, 5.41) is 10.2. The first-order valence-corrected chi connectivity index (χ1v) is 8.38. The SMILES string of the molecule is CSCC(C)(O)CN1CC2(CCCCCC2)C1. The molecule has 17 heavy (non-hydrogen) atoms. The van der Waals surface area contributed by atoms with Crippen molar-refractivity contribution in [1.82, 2.24) is 4.90 Å². The van der Waals surface area contributed by atoms with Crippen LogP contribution in [0, 0.1) is 5.41 Å². The molecular formula is C14H27NOS. The molecule has 1 aliphatic heterocycles. The van der Waals surface area contributed by atoms with E-state index in [9.17, 15) is 5.11 Å². The van der Waals surface area contributed by atoms with Crippen LogP contribution in [0.3, 0.4) is 0 Å². The molecule has 3 heteroatoms. The predicted octanol–water partition coefficient (Wildman–Crippen LogP) is 2.76. The quantitative estimate of drug-likeness (QED) is 0.838. The van der Waals surface area contributed by atoms with Crippen LogP contribution in [0.15, 0.2) is 0 Å². The van der Waals surface area contributed by atoms with Gasteiger partial charge in [-0.15, -0.1) is 0 Å². The molecule has 0 aromatic carbocycles. The molecule has 100 valence electrons. The number of aliphatic hydroxyl groups is 1. The summed E-state index contributed by atoms with van der Waals surface area (Å²) in [7, 11) is 0. The van der Waals surface area contributed by atoms with E-state index in [4.69, 9.17) is 0 Å². The first-order chi connectivity index (χ1) is 8.05. The summed E-state index contributed by atoms with van der Waals surface area (Å²) in [5.41, 5.74) is 0.123. The van der Waals surface area contributed by atoms with Gasteiger partial charge in [-0.1, -0.05) is 25.7 Å². The Morgan fingerprint density at radius 1 is 1.18 bits per heavy atom. The molecular weight excluding hydrogens is 230 g/mol. The van der Waals surface area contributed by atoms with Gasteiger partial charge in [0.2, 0.25) is 0 Å². The Morgan fingerprint density at radius 3 is 2.29 bits per heavy atom. The van der Waals surface area contributed by atoms with E-state index in [0.29, 0.717) is 5.41 Å². The highest BCUT2D eigenvalue weighted by atomic mass is 32.2. The van der Waals surface area contributed by atoms with Crippen LogP contribution >= 0.6 is 11.8 Å². The maximum atomic E-state index is 10.2. The zero-order chi connectivity index (χ0) is 12.4. The fourth-order valence-electron chi connectivity index (χ4n) is 3.65. The Labute approximate surface area is 110 Å². The number of nitrogens with zero attached hydrogens (tertiary/aromatic N) is 1. The van der Waals surface area contributed by atoms with Gasteiger partial charge in [0.25, 0.3) is 0 Å². The number of thioether (sulfide) groups is 1. The second-order valence-electron chi connectivity index (χ2n) is 6.49. The standard InChI is InChI=1S/C14H27NOS/c1-13(16,12-17-2)9-15-10-14(11-15)7-5-3-4-6-8-14/h16H,3-12H2,1-2H3. The highest BCUT2D eigenvalue weighted by Gasteiger charge is 2.43. The predicted molar refractivity (Wildman–Crippen MR) is 75.6 cm³/mol. The van der Waals surface area contributed by atoms with Crippen LogP contribution in [-0.4, -0.2) is 47.3 Å². The van der Waals surface area contributed by atoms with Gasteiger partial charge in [-0.05, 0) is 31.4 Å². The molecule has 1 N–H and O–H groups in total. The highest BCUT2D eigenvalue weighted by molar-refractivity contribution is 7.98. The Morgan fingerprint density at radius 2 is 1.76 bits per heavy atom. The monoisotopic (exact) mass is 257 g/mol. The summed E-state index contributed by atoms with van der Waals surface area (Å²) >= 11 is 1.74. The van der Waals surface area contributed by atoms with Gasteiger partial charge < -0.3 is 5.11 Å². The molecule has 2 rings (SSSR count). The number of rotatable bonds is 4. The Bertz CT molecular complexity index is 239. The molecule has 2 fully saturated rings. The molecule has 1 aliphatic carbocycles. The van der Waals surface area contributed by atoms with Crippen LogP contribution in [0.1, 0.15) is 45.4 Å². The smallest absolute Gasteiger partial charge is 0.0835 e. The molecule has 1 spiro atoms. The lowest BCUT2D eigenvalue weighted by Crippen LogP contribution is -2.60. The van der Waals surface area contributed by atoms with Crippen molar-refractivity contribution in [2.45, 2.75) is 51.0 Å². The van der Waals surface area contributed by atoms with Crippen molar-refractivity contribution < 1.29 is 5.11 Å². The van der Waals surface area contributed by atoms with E-state index in [0.717, 1.165) is 12.3 Å².